The minimum atomic E-state index is -0.629. The van der Waals surface area contributed by atoms with Crippen LogP contribution in [0.2, 0.25) is 25.8 Å². The van der Waals surface area contributed by atoms with E-state index < -0.39 is 29.2 Å². The summed E-state index contributed by atoms with van der Waals surface area (Å²) in [6, 6.07) is 7.23. The second kappa shape index (κ2) is 35.5. The minimum absolute atomic E-state index is 0.0816. The van der Waals surface area contributed by atoms with Crippen molar-refractivity contribution in [2.75, 3.05) is 55.6 Å². The molecule has 0 radical (unpaired) electrons. The van der Waals surface area contributed by atoms with Crippen LogP contribution in [0.25, 0.3) is 28.2 Å². The average Bonchev–Trinajstić information content (AvgIpc) is 1.62. The minimum Gasteiger partial charge on any atom is -0.493 e. The van der Waals surface area contributed by atoms with Gasteiger partial charge in [0.25, 0.3) is 5.56 Å². The third-order valence-electron chi connectivity index (χ3n) is 12.5. The SMILES string of the molecule is CC(=O)c1cnn2c(Cl)cc(Cl)nc12.CC(=O)c1cnn2c(N(C)C(=O)OC(C)(C)C)cc(Cl)nc12.CC(=O)c1cnn2c(O)cc(=O)[nH]c12.CCOC(=O)CC(C)=O.CCOC(=O)c1cn[nH]c1N.CNc1cc(Cl)nc2c(C(C)=O)cnn12.CNc1cc(Cl)nc2c(C(C)=O)cnn12. The number of nitrogens with one attached hydrogen (secondary N) is 4. The van der Waals surface area contributed by atoms with E-state index in [0.717, 1.165) is 10.6 Å². The second-order valence-corrected chi connectivity index (χ2v) is 23.1. The predicted molar refractivity (Wildman–Crippen MR) is 369 cm³/mol. The molecule has 35 nitrogen and oxygen atoms in total. The molecule has 0 fully saturated rings. The Hall–Kier alpha value is -11.0. The molecule has 7 N–H and O–H groups in total. The normalized spacial score (nSPS) is 10.6. The zero-order valence-corrected chi connectivity index (χ0v) is 59.6. The molecule has 11 rings (SSSR count). The van der Waals surface area contributed by atoms with E-state index in [0.29, 0.717) is 91.0 Å². The van der Waals surface area contributed by atoms with Crippen LogP contribution in [0.4, 0.5) is 28.1 Å². The number of amides is 1. The number of hydrogen-bond donors (Lipinski definition) is 6. The average molecular weight is 1480 g/mol. The van der Waals surface area contributed by atoms with Crippen molar-refractivity contribution in [1.82, 2.24) is 83.2 Å². The molecule has 1 amide bonds. The number of nitrogen functional groups attached to an aromatic ring is 1. The van der Waals surface area contributed by atoms with Gasteiger partial charge < -0.3 is 40.7 Å². The molecule has 0 atom stereocenters. The molecule has 0 aliphatic carbocycles. The standard InChI is InChI=1S/C14H17ClN4O3.2C9H9ClN4O.C8H5Cl2N3O.C8H7N3O3.C6H9N3O2.C6H10O3/c1-8(20)9-7-16-19-11(6-10(15)17-12(9)19)18(5)13(21)22-14(2,3)4;2*1-5(15)6-4-12-14-8(11-2)3-7(10)13-9(6)14;1-4(14)5-3-11-13-7(10)2-6(9)12-8(5)13;1-4(12)5-3-9-11-7(14)2-6(13)10-8(5)11;1-2-11-6(10)4-3-8-9-5(4)7;1-3-9-6(8)4-5(2)7/h6-7H,1-5H3;2*3-4,11H,1-2H3;2-3H,1H3;2-3,14H,1H3,(H,10,13);3H,2H2,1H3,(H3,7,8,9);3-4H2,1-2H3. The van der Waals surface area contributed by atoms with Crippen LogP contribution in [0.15, 0.2) is 72.3 Å². The highest BCUT2D eigenvalue weighted by Gasteiger charge is 2.25. The maximum Gasteiger partial charge on any atom is 0.415 e. The molecular formula is C60H66Cl5N21O14. The van der Waals surface area contributed by atoms with E-state index in [1.807, 2.05) is 0 Å². The Morgan fingerprint density at radius 3 is 1.37 bits per heavy atom. The van der Waals surface area contributed by atoms with Crippen molar-refractivity contribution in [3.63, 3.8) is 0 Å². The largest absolute Gasteiger partial charge is 0.493 e. The Morgan fingerprint density at radius 1 is 0.560 bits per heavy atom. The van der Waals surface area contributed by atoms with Gasteiger partial charge in [-0.1, -0.05) is 58.0 Å². The third kappa shape index (κ3) is 21.0. The molecule has 11 heterocycles. The van der Waals surface area contributed by atoms with Gasteiger partial charge in [0, 0.05) is 45.4 Å². The highest BCUT2D eigenvalue weighted by molar-refractivity contribution is 6.33. The highest BCUT2D eigenvalue weighted by atomic mass is 35.5. The number of esters is 2. The smallest absolute Gasteiger partial charge is 0.415 e. The number of aromatic hydroxyl groups is 1. The molecule has 0 spiro atoms. The second-order valence-electron chi connectivity index (χ2n) is 21.2. The van der Waals surface area contributed by atoms with E-state index in [1.54, 1.807) is 69.9 Å². The Kier molecular flexibility index (Phi) is 28.3. The van der Waals surface area contributed by atoms with E-state index in [4.69, 9.17) is 68.5 Å². The summed E-state index contributed by atoms with van der Waals surface area (Å²) >= 11 is 29.2. The van der Waals surface area contributed by atoms with Crippen LogP contribution in [0.3, 0.4) is 0 Å². The van der Waals surface area contributed by atoms with E-state index in [9.17, 15) is 53.1 Å². The lowest BCUT2D eigenvalue weighted by Gasteiger charge is -2.24. The molecule has 100 heavy (non-hydrogen) atoms. The van der Waals surface area contributed by atoms with Gasteiger partial charge in [-0.25, -0.2) is 34.0 Å². The molecule has 0 bridgehead atoms. The van der Waals surface area contributed by atoms with Crippen LogP contribution >= 0.6 is 58.0 Å². The van der Waals surface area contributed by atoms with Gasteiger partial charge in [-0.3, -0.25) is 48.4 Å². The van der Waals surface area contributed by atoms with Crippen LogP contribution in [0, 0.1) is 0 Å². The summed E-state index contributed by atoms with van der Waals surface area (Å²) in [7, 11) is 5.04. The van der Waals surface area contributed by atoms with Gasteiger partial charge in [-0.2, -0.15) is 48.7 Å². The number of H-pyrrole nitrogens is 2. The van der Waals surface area contributed by atoms with Crippen LogP contribution in [0.1, 0.15) is 145 Å². The van der Waals surface area contributed by atoms with Gasteiger partial charge in [-0.15, -0.1) is 0 Å². The Balaban J connectivity index is 0.000000213. The Morgan fingerprint density at radius 2 is 0.960 bits per heavy atom. The third-order valence-corrected chi connectivity index (χ3v) is 13.5. The molecule has 0 saturated carbocycles. The molecule has 0 unspecified atom stereocenters. The summed E-state index contributed by atoms with van der Waals surface area (Å²) in [4.78, 5) is 131. The van der Waals surface area contributed by atoms with Crippen molar-refractivity contribution in [3.05, 3.63) is 137 Å². The van der Waals surface area contributed by atoms with Gasteiger partial charge in [0.05, 0.1) is 84.3 Å². The van der Waals surface area contributed by atoms with E-state index >= 15 is 0 Å². The zero-order chi connectivity index (χ0) is 74.8. The van der Waals surface area contributed by atoms with Gasteiger partial charge in [0.2, 0.25) is 5.88 Å². The van der Waals surface area contributed by atoms with Crippen molar-refractivity contribution < 1.29 is 62.5 Å². The lowest BCUT2D eigenvalue weighted by Crippen LogP contribution is -2.35. The number of rotatable bonds is 13. The number of nitrogens with zero attached hydrogens (tertiary/aromatic N) is 16. The molecule has 0 aromatic carbocycles. The van der Waals surface area contributed by atoms with Crippen LogP contribution in [-0.2, 0) is 23.8 Å². The maximum absolute atomic E-state index is 12.2. The van der Waals surface area contributed by atoms with Crippen molar-refractivity contribution in [3.8, 4) is 5.88 Å². The number of ketones is 6. The molecule has 0 saturated heterocycles. The first-order valence-corrected chi connectivity index (χ1v) is 31.0. The monoisotopic (exact) mass is 1480 g/mol. The Bertz CT molecular complexity index is 4830. The number of Topliss-reactive ketones (excluding diaryl/α,β-unsaturated/α-hetero) is 6. The fourth-order valence-electron chi connectivity index (χ4n) is 8.01. The molecule has 530 valence electrons. The number of nitrogens with two attached hydrogens (primary N) is 1. The molecule has 11 aromatic heterocycles. The van der Waals surface area contributed by atoms with Crippen molar-refractivity contribution in [2.45, 2.75) is 88.2 Å². The van der Waals surface area contributed by atoms with E-state index in [2.05, 4.69) is 80.7 Å². The molecule has 0 aliphatic heterocycles. The summed E-state index contributed by atoms with van der Waals surface area (Å²) < 4.78 is 21.4. The first kappa shape index (κ1) is 79.7. The first-order valence-electron chi connectivity index (χ1n) is 29.1. The number of fused-ring (bicyclic) bond motifs is 5. The number of aromatic amines is 2. The number of halogens is 5. The van der Waals surface area contributed by atoms with Crippen molar-refractivity contribution in [1.29, 1.82) is 0 Å². The first-order chi connectivity index (χ1) is 47.0. The number of anilines is 4. The molecule has 40 heteroatoms. The summed E-state index contributed by atoms with van der Waals surface area (Å²) in [6.45, 7) is 17.9. The molecule has 11 aromatic rings. The van der Waals surface area contributed by atoms with E-state index in [-0.39, 0.29) is 79.9 Å². The number of aromatic nitrogens is 17. The fraction of sp³-hybridized carbons (Fsp3) is 0.300. The summed E-state index contributed by atoms with van der Waals surface area (Å²) in [6.07, 6.45) is 7.77. The summed E-state index contributed by atoms with van der Waals surface area (Å²) in [5, 5.41) is 42.5. The summed E-state index contributed by atoms with van der Waals surface area (Å²) in [5.41, 5.74) is 8.32. The van der Waals surface area contributed by atoms with Crippen molar-refractivity contribution in [2.24, 2.45) is 0 Å². The number of carbonyl (C=O) groups excluding carboxylic acids is 9. The lowest BCUT2D eigenvalue weighted by atomic mass is 10.2. The van der Waals surface area contributed by atoms with Gasteiger partial charge in [0.1, 0.15) is 72.4 Å². The number of ether oxygens (including phenoxy) is 3. The van der Waals surface area contributed by atoms with E-state index in [1.165, 1.54) is 112 Å². The summed E-state index contributed by atoms with van der Waals surface area (Å²) in [5.74, 6) is -0.0463. The van der Waals surface area contributed by atoms with Crippen molar-refractivity contribution >= 4 is 162 Å². The Labute approximate surface area is 591 Å². The molecule has 0 aliphatic rings. The van der Waals surface area contributed by atoms with Crippen LogP contribution in [-0.4, -0.2) is 181 Å². The maximum atomic E-state index is 12.2. The number of carbonyl (C=O) groups is 9. The zero-order valence-electron chi connectivity index (χ0n) is 55.8. The van der Waals surface area contributed by atoms with Crippen LogP contribution in [0.5, 0.6) is 5.88 Å². The van der Waals surface area contributed by atoms with Crippen LogP contribution < -0.4 is 26.8 Å². The topological polar surface area (TPSA) is 454 Å². The number of hydrogen-bond acceptors (Lipinski definition) is 27. The quantitative estimate of drug-likeness (QED) is 0.0206. The lowest BCUT2D eigenvalue weighted by molar-refractivity contribution is -0.145. The predicted octanol–water partition coefficient (Wildman–Crippen LogP) is 9.08. The fourth-order valence-corrected chi connectivity index (χ4v) is 9.02. The van der Waals surface area contributed by atoms with Gasteiger partial charge in [-0.05, 0) is 76.2 Å². The van der Waals surface area contributed by atoms with Gasteiger partial charge >= 0.3 is 18.0 Å². The highest BCUT2D eigenvalue weighted by Crippen LogP contribution is 2.25. The van der Waals surface area contributed by atoms with Gasteiger partial charge in [0.15, 0.2) is 57.2 Å². The molecular weight excluding hydrogens is 1420 g/mol.